The molecule has 0 bridgehead atoms. The first-order valence-corrected chi connectivity index (χ1v) is 8.84. The number of hydrogen-bond acceptors (Lipinski definition) is 4. The van der Waals surface area contributed by atoms with E-state index in [-0.39, 0.29) is 16.7 Å². The Labute approximate surface area is 150 Å². The van der Waals surface area contributed by atoms with Gasteiger partial charge < -0.3 is 5.32 Å². The molecule has 1 aromatic heterocycles. The second-order valence-electron chi connectivity index (χ2n) is 5.84. The van der Waals surface area contributed by atoms with Crippen LogP contribution >= 0.6 is 11.8 Å². The SMILES string of the molecule is Cc1ccccc1NC(=O)[C@H](C)Sc1nc2ccccc2c(=O)n1C. The summed E-state index contributed by atoms with van der Waals surface area (Å²) in [4.78, 5) is 29.5. The Morgan fingerprint density at radius 3 is 2.60 bits per heavy atom. The molecule has 3 rings (SSSR count). The monoisotopic (exact) mass is 353 g/mol. The number of nitrogens with one attached hydrogen (secondary N) is 1. The molecule has 1 N–H and O–H groups in total. The summed E-state index contributed by atoms with van der Waals surface area (Å²) < 4.78 is 1.49. The van der Waals surface area contributed by atoms with Gasteiger partial charge in [-0.25, -0.2) is 4.98 Å². The van der Waals surface area contributed by atoms with Gasteiger partial charge in [0, 0.05) is 12.7 Å². The summed E-state index contributed by atoms with van der Waals surface area (Å²) in [6.07, 6.45) is 0. The number of aryl methyl sites for hydroxylation is 1. The first kappa shape index (κ1) is 17.2. The van der Waals surface area contributed by atoms with Gasteiger partial charge in [-0.2, -0.15) is 0 Å². The Bertz CT molecular complexity index is 997. The Morgan fingerprint density at radius 1 is 1.16 bits per heavy atom. The van der Waals surface area contributed by atoms with Gasteiger partial charge in [0.1, 0.15) is 0 Å². The van der Waals surface area contributed by atoms with Crippen molar-refractivity contribution in [3.8, 4) is 0 Å². The number of nitrogens with zero attached hydrogens (tertiary/aromatic N) is 2. The fraction of sp³-hybridized carbons (Fsp3) is 0.211. The topological polar surface area (TPSA) is 64.0 Å². The number of aromatic nitrogens is 2. The van der Waals surface area contributed by atoms with Crippen molar-refractivity contribution in [3.05, 3.63) is 64.4 Å². The summed E-state index contributed by atoms with van der Waals surface area (Å²) >= 11 is 1.27. The molecule has 3 aromatic rings. The molecule has 0 unspecified atom stereocenters. The molecule has 1 amide bonds. The van der Waals surface area contributed by atoms with Crippen molar-refractivity contribution in [2.45, 2.75) is 24.3 Å². The summed E-state index contributed by atoms with van der Waals surface area (Å²) in [6, 6.07) is 14.9. The van der Waals surface area contributed by atoms with E-state index in [2.05, 4.69) is 10.3 Å². The highest BCUT2D eigenvalue weighted by molar-refractivity contribution is 8.00. The van der Waals surface area contributed by atoms with E-state index in [9.17, 15) is 9.59 Å². The fourth-order valence-electron chi connectivity index (χ4n) is 2.46. The van der Waals surface area contributed by atoms with Crippen molar-refractivity contribution in [1.29, 1.82) is 0 Å². The average molecular weight is 353 g/mol. The van der Waals surface area contributed by atoms with E-state index >= 15 is 0 Å². The van der Waals surface area contributed by atoms with Crippen LogP contribution in [0.15, 0.2) is 58.5 Å². The highest BCUT2D eigenvalue weighted by Crippen LogP contribution is 2.23. The molecule has 6 heteroatoms. The maximum Gasteiger partial charge on any atom is 0.261 e. The molecule has 0 saturated carbocycles. The van der Waals surface area contributed by atoms with Crippen LogP contribution in [-0.4, -0.2) is 20.7 Å². The van der Waals surface area contributed by atoms with Crippen LogP contribution < -0.4 is 10.9 Å². The Balaban J connectivity index is 1.83. The second-order valence-corrected chi connectivity index (χ2v) is 7.15. The van der Waals surface area contributed by atoms with Gasteiger partial charge in [0.2, 0.25) is 5.91 Å². The van der Waals surface area contributed by atoms with Crippen LogP contribution in [0.1, 0.15) is 12.5 Å². The quantitative estimate of drug-likeness (QED) is 0.577. The van der Waals surface area contributed by atoms with Gasteiger partial charge in [0.05, 0.1) is 16.2 Å². The molecule has 25 heavy (non-hydrogen) atoms. The van der Waals surface area contributed by atoms with E-state index in [1.54, 1.807) is 26.1 Å². The number of thioether (sulfide) groups is 1. The zero-order valence-electron chi connectivity index (χ0n) is 14.3. The molecule has 0 radical (unpaired) electrons. The minimum atomic E-state index is -0.390. The zero-order valence-corrected chi connectivity index (χ0v) is 15.1. The predicted octanol–water partition coefficient (Wildman–Crippen LogP) is 3.36. The van der Waals surface area contributed by atoms with Crippen LogP contribution in [0, 0.1) is 6.92 Å². The number of anilines is 1. The molecule has 0 saturated heterocycles. The van der Waals surface area contributed by atoms with Gasteiger partial charge in [-0.3, -0.25) is 14.2 Å². The molecular weight excluding hydrogens is 334 g/mol. The lowest BCUT2D eigenvalue weighted by Crippen LogP contribution is -2.25. The van der Waals surface area contributed by atoms with E-state index in [0.29, 0.717) is 16.1 Å². The molecule has 1 atom stereocenters. The lowest BCUT2D eigenvalue weighted by molar-refractivity contribution is -0.115. The number of hydrogen-bond donors (Lipinski definition) is 1. The minimum absolute atomic E-state index is 0.111. The summed E-state index contributed by atoms with van der Waals surface area (Å²) in [5.74, 6) is -0.123. The molecule has 128 valence electrons. The fourth-order valence-corrected chi connectivity index (χ4v) is 3.34. The van der Waals surface area contributed by atoms with Crippen molar-refractivity contribution >= 4 is 34.3 Å². The van der Waals surface area contributed by atoms with Crippen LogP contribution in [0.4, 0.5) is 5.69 Å². The Kier molecular flexibility index (Phi) is 4.90. The van der Waals surface area contributed by atoms with Crippen LogP contribution in [0.3, 0.4) is 0 Å². The summed E-state index contributed by atoms with van der Waals surface area (Å²) in [5, 5.41) is 3.64. The average Bonchev–Trinajstić information content (AvgIpc) is 2.61. The van der Waals surface area contributed by atoms with E-state index < -0.39 is 0 Å². The van der Waals surface area contributed by atoms with E-state index in [4.69, 9.17) is 0 Å². The van der Waals surface area contributed by atoms with Gasteiger partial charge in [0.25, 0.3) is 5.56 Å². The van der Waals surface area contributed by atoms with E-state index in [1.807, 2.05) is 43.3 Å². The third kappa shape index (κ3) is 3.58. The van der Waals surface area contributed by atoms with Gasteiger partial charge in [-0.15, -0.1) is 0 Å². The zero-order chi connectivity index (χ0) is 18.0. The number of carbonyl (C=O) groups excluding carboxylic acids is 1. The number of rotatable bonds is 4. The van der Waals surface area contributed by atoms with Gasteiger partial charge >= 0.3 is 0 Å². The van der Waals surface area contributed by atoms with Crippen LogP contribution in [0.5, 0.6) is 0 Å². The molecular formula is C19H19N3O2S. The number of carbonyl (C=O) groups is 1. The standard InChI is InChI=1S/C19H19N3O2S/c1-12-8-4-6-10-15(12)20-17(23)13(2)25-19-21-16-11-7-5-9-14(16)18(24)22(19)3/h4-11,13H,1-3H3,(H,20,23)/t13-/m0/s1. The largest absolute Gasteiger partial charge is 0.325 e. The number of para-hydroxylation sites is 2. The van der Waals surface area contributed by atoms with Crippen molar-refractivity contribution in [2.24, 2.45) is 7.05 Å². The Hall–Kier alpha value is -2.60. The van der Waals surface area contributed by atoms with Crippen LogP contribution in [-0.2, 0) is 11.8 Å². The van der Waals surface area contributed by atoms with Crippen LogP contribution in [0.25, 0.3) is 10.9 Å². The molecule has 0 aliphatic heterocycles. The maximum atomic E-state index is 12.5. The minimum Gasteiger partial charge on any atom is -0.325 e. The van der Waals surface area contributed by atoms with Crippen LogP contribution in [0.2, 0.25) is 0 Å². The highest BCUT2D eigenvalue weighted by Gasteiger charge is 2.18. The summed E-state index contributed by atoms with van der Waals surface area (Å²) in [6.45, 7) is 3.75. The predicted molar refractivity (Wildman–Crippen MR) is 102 cm³/mol. The first-order chi connectivity index (χ1) is 12.0. The number of amides is 1. The van der Waals surface area contributed by atoms with Gasteiger partial charge in [-0.05, 0) is 37.6 Å². The molecule has 2 aromatic carbocycles. The smallest absolute Gasteiger partial charge is 0.261 e. The van der Waals surface area contributed by atoms with Crippen molar-refractivity contribution in [3.63, 3.8) is 0 Å². The molecule has 0 aliphatic carbocycles. The van der Waals surface area contributed by atoms with Crippen molar-refractivity contribution < 1.29 is 4.79 Å². The first-order valence-electron chi connectivity index (χ1n) is 7.96. The van der Waals surface area contributed by atoms with Gasteiger partial charge in [-0.1, -0.05) is 42.1 Å². The summed E-state index contributed by atoms with van der Waals surface area (Å²) in [7, 11) is 1.68. The Morgan fingerprint density at radius 2 is 1.84 bits per heavy atom. The van der Waals surface area contributed by atoms with E-state index in [1.165, 1.54) is 16.3 Å². The normalized spacial score (nSPS) is 12.1. The lowest BCUT2D eigenvalue weighted by Gasteiger charge is -2.15. The van der Waals surface area contributed by atoms with E-state index in [0.717, 1.165) is 11.3 Å². The number of benzene rings is 2. The van der Waals surface area contributed by atoms with Gasteiger partial charge in [0.15, 0.2) is 5.16 Å². The molecule has 0 aliphatic rings. The molecule has 1 heterocycles. The summed E-state index contributed by atoms with van der Waals surface area (Å²) in [5.41, 5.74) is 2.32. The third-order valence-electron chi connectivity index (χ3n) is 4.00. The lowest BCUT2D eigenvalue weighted by atomic mass is 10.2. The molecule has 0 spiro atoms. The highest BCUT2D eigenvalue weighted by atomic mass is 32.2. The van der Waals surface area contributed by atoms with Crippen molar-refractivity contribution in [1.82, 2.24) is 9.55 Å². The van der Waals surface area contributed by atoms with Crippen molar-refractivity contribution in [2.75, 3.05) is 5.32 Å². The second kappa shape index (κ2) is 7.11. The molecule has 0 fully saturated rings. The maximum absolute atomic E-state index is 12.5. The third-order valence-corrected chi connectivity index (χ3v) is 5.14. The molecule has 5 nitrogen and oxygen atoms in total. The number of fused-ring (bicyclic) bond motifs is 1.